The van der Waals surface area contributed by atoms with Crippen molar-refractivity contribution in [2.75, 3.05) is 26.2 Å². The molecule has 1 aliphatic carbocycles. The van der Waals surface area contributed by atoms with Gasteiger partial charge in [0, 0.05) is 63.1 Å². The number of piperazine rings is 1. The Morgan fingerprint density at radius 1 is 0.971 bits per heavy atom. The second-order valence-corrected chi connectivity index (χ2v) is 9.91. The van der Waals surface area contributed by atoms with Crippen LogP contribution >= 0.6 is 0 Å². The van der Waals surface area contributed by atoms with Crippen LogP contribution in [0.4, 0.5) is 0 Å². The molecule has 0 atom stereocenters. The van der Waals surface area contributed by atoms with Crippen LogP contribution in [0.3, 0.4) is 0 Å². The smallest absolute Gasteiger partial charge is 0.276 e. The first-order valence-electron chi connectivity index (χ1n) is 12.7. The molecule has 7 heteroatoms. The molecule has 1 saturated carbocycles. The Balaban J connectivity index is 1.22. The second kappa shape index (κ2) is 9.74. The first kappa shape index (κ1) is 22.8. The highest BCUT2D eigenvalue weighted by Crippen LogP contribution is 2.24. The molecule has 1 amide bonds. The normalized spacial score (nSPS) is 18.0. The summed E-state index contributed by atoms with van der Waals surface area (Å²) in [6.07, 6.45) is 10.5. The molecule has 7 nitrogen and oxygen atoms in total. The highest BCUT2D eigenvalue weighted by Gasteiger charge is 2.26. The van der Waals surface area contributed by atoms with Gasteiger partial charge in [0.05, 0.1) is 5.69 Å². The predicted octanol–water partition coefficient (Wildman–Crippen LogP) is 3.65. The monoisotopic (exact) mass is 461 g/mol. The van der Waals surface area contributed by atoms with Gasteiger partial charge in [0.2, 0.25) is 5.91 Å². The molecular weight excluding hydrogens is 426 g/mol. The molecule has 2 aliphatic rings. The Labute approximate surface area is 201 Å². The van der Waals surface area contributed by atoms with Gasteiger partial charge in [-0.25, -0.2) is 4.52 Å². The van der Waals surface area contributed by atoms with E-state index in [-0.39, 0.29) is 11.5 Å². The molecule has 0 bridgehead atoms. The fraction of sp³-hybridized carbons (Fsp3) is 0.519. The van der Waals surface area contributed by atoms with Crippen LogP contribution in [-0.4, -0.2) is 62.1 Å². The van der Waals surface area contributed by atoms with E-state index < -0.39 is 0 Å². The largest absolute Gasteiger partial charge is 0.340 e. The van der Waals surface area contributed by atoms with Crippen molar-refractivity contribution in [1.29, 1.82) is 0 Å². The van der Waals surface area contributed by atoms with E-state index in [0.717, 1.165) is 37.4 Å². The summed E-state index contributed by atoms with van der Waals surface area (Å²) in [7, 11) is 0. The SMILES string of the molecule is Cc1ccc(-c2cc3c(=O)n(CCC(=O)N4CCN(C5CCCCC5)CC4)ccn3n2)cc1C. The quantitative estimate of drug-likeness (QED) is 0.582. The van der Waals surface area contributed by atoms with Gasteiger partial charge in [-0.1, -0.05) is 31.4 Å². The van der Waals surface area contributed by atoms with Crippen LogP contribution in [0.25, 0.3) is 16.8 Å². The van der Waals surface area contributed by atoms with Crippen LogP contribution in [0.15, 0.2) is 41.5 Å². The van der Waals surface area contributed by atoms with Crippen molar-refractivity contribution in [1.82, 2.24) is 24.0 Å². The van der Waals surface area contributed by atoms with E-state index >= 15 is 0 Å². The molecule has 180 valence electrons. The van der Waals surface area contributed by atoms with Crippen LogP contribution in [0, 0.1) is 13.8 Å². The van der Waals surface area contributed by atoms with Crippen molar-refractivity contribution in [3.8, 4) is 11.3 Å². The Bertz CT molecular complexity index is 1230. The maximum Gasteiger partial charge on any atom is 0.276 e. The van der Waals surface area contributed by atoms with E-state index in [1.165, 1.54) is 43.2 Å². The van der Waals surface area contributed by atoms with Gasteiger partial charge in [0.15, 0.2) is 0 Å². The topological polar surface area (TPSA) is 62.9 Å². The average Bonchev–Trinajstić information content (AvgIpc) is 3.31. The maximum absolute atomic E-state index is 13.1. The zero-order chi connectivity index (χ0) is 23.7. The van der Waals surface area contributed by atoms with Gasteiger partial charge in [0.25, 0.3) is 5.56 Å². The van der Waals surface area contributed by atoms with Crippen LogP contribution in [-0.2, 0) is 11.3 Å². The van der Waals surface area contributed by atoms with Crippen LogP contribution < -0.4 is 5.56 Å². The van der Waals surface area contributed by atoms with Crippen LogP contribution in [0.1, 0.15) is 49.7 Å². The van der Waals surface area contributed by atoms with E-state index in [1.54, 1.807) is 21.5 Å². The molecule has 1 aromatic carbocycles. The number of fused-ring (bicyclic) bond motifs is 1. The molecule has 0 N–H and O–H groups in total. The van der Waals surface area contributed by atoms with Crippen molar-refractivity contribution in [3.05, 3.63) is 58.1 Å². The van der Waals surface area contributed by atoms with Gasteiger partial charge in [-0.05, 0) is 49.9 Å². The van der Waals surface area contributed by atoms with Crippen molar-refractivity contribution in [2.45, 2.75) is 65.0 Å². The fourth-order valence-corrected chi connectivity index (χ4v) is 5.40. The predicted molar refractivity (Wildman–Crippen MR) is 134 cm³/mol. The van der Waals surface area contributed by atoms with E-state index in [4.69, 9.17) is 0 Å². The zero-order valence-electron chi connectivity index (χ0n) is 20.4. The van der Waals surface area contributed by atoms with Gasteiger partial charge in [-0.2, -0.15) is 5.10 Å². The number of aromatic nitrogens is 3. The molecule has 34 heavy (non-hydrogen) atoms. The maximum atomic E-state index is 13.1. The van der Waals surface area contributed by atoms with Gasteiger partial charge in [0.1, 0.15) is 5.52 Å². The number of amides is 1. The summed E-state index contributed by atoms with van der Waals surface area (Å²) in [6, 6.07) is 8.76. The van der Waals surface area contributed by atoms with Crippen molar-refractivity contribution >= 4 is 11.4 Å². The van der Waals surface area contributed by atoms with Crippen molar-refractivity contribution in [3.63, 3.8) is 0 Å². The summed E-state index contributed by atoms with van der Waals surface area (Å²) in [4.78, 5) is 30.5. The minimum absolute atomic E-state index is 0.111. The van der Waals surface area contributed by atoms with E-state index in [0.29, 0.717) is 24.5 Å². The third-order valence-corrected chi connectivity index (χ3v) is 7.73. The molecule has 1 aliphatic heterocycles. The highest BCUT2D eigenvalue weighted by atomic mass is 16.2. The molecule has 0 unspecified atom stereocenters. The molecule has 3 aromatic rings. The summed E-state index contributed by atoms with van der Waals surface area (Å²) < 4.78 is 3.27. The first-order chi connectivity index (χ1) is 16.5. The number of rotatable bonds is 5. The molecular formula is C27H35N5O2. The average molecular weight is 462 g/mol. The number of nitrogens with zero attached hydrogens (tertiary/aromatic N) is 5. The molecule has 5 rings (SSSR count). The molecule has 1 saturated heterocycles. The number of benzene rings is 1. The third kappa shape index (κ3) is 4.67. The summed E-state index contributed by atoms with van der Waals surface area (Å²) in [5.74, 6) is 0.138. The lowest BCUT2D eigenvalue weighted by Crippen LogP contribution is -2.52. The Kier molecular flexibility index (Phi) is 6.55. The third-order valence-electron chi connectivity index (χ3n) is 7.73. The van der Waals surface area contributed by atoms with Crippen molar-refractivity contribution in [2.24, 2.45) is 0 Å². The molecule has 2 aromatic heterocycles. The summed E-state index contributed by atoms with van der Waals surface area (Å²) >= 11 is 0. The fourth-order valence-electron chi connectivity index (χ4n) is 5.40. The molecule has 0 radical (unpaired) electrons. The van der Waals surface area contributed by atoms with Gasteiger partial charge >= 0.3 is 0 Å². The Morgan fingerprint density at radius 2 is 1.74 bits per heavy atom. The Hall–Kier alpha value is -2.93. The number of aryl methyl sites for hydroxylation is 3. The minimum Gasteiger partial charge on any atom is -0.340 e. The lowest BCUT2D eigenvalue weighted by atomic mass is 9.94. The molecule has 0 spiro atoms. The summed E-state index contributed by atoms with van der Waals surface area (Å²) in [5, 5.41) is 4.59. The lowest BCUT2D eigenvalue weighted by molar-refractivity contribution is -0.133. The minimum atomic E-state index is -0.111. The summed E-state index contributed by atoms with van der Waals surface area (Å²) in [6.45, 7) is 8.09. The zero-order valence-corrected chi connectivity index (χ0v) is 20.4. The summed E-state index contributed by atoms with van der Waals surface area (Å²) in [5.41, 5.74) is 4.63. The standard InChI is InChI=1S/C27H35N5O2/c1-20-8-9-22(18-21(20)2)24-19-25-27(34)31(16-17-32(25)28-24)11-10-26(33)30-14-12-29(13-15-30)23-6-4-3-5-7-23/h8-9,16-19,23H,3-7,10-15H2,1-2H3. The first-order valence-corrected chi connectivity index (χ1v) is 12.7. The number of carbonyl (C=O) groups excluding carboxylic acids is 1. The van der Waals surface area contributed by atoms with Crippen LogP contribution in [0.2, 0.25) is 0 Å². The van der Waals surface area contributed by atoms with Gasteiger partial charge in [-0.3, -0.25) is 14.5 Å². The second-order valence-electron chi connectivity index (χ2n) is 9.91. The van der Waals surface area contributed by atoms with E-state index in [1.807, 2.05) is 17.0 Å². The van der Waals surface area contributed by atoms with Gasteiger partial charge in [-0.15, -0.1) is 0 Å². The molecule has 2 fully saturated rings. The number of carbonyl (C=O) groups is 1. The van der Waals surface area contributed by atoms with Crippen molar-refractivity contribution < 1.29 is 4.79 Å². The van der Waals surface area contributed by atoms with E-state index in [2.05, 4.69) is 36.0 Å². The molecule has 3 heterocycles. The van der Waals surface area contributed by atoms with E-state index in [9.17, 15) is 9.59 Å². The number of hydrogen-bond donors (Lipinski definition) is 0. The Morgan fingerprint density at radius 3 is 2.47 bits per heavy atom. The van der Waals surface area contributed by atoms with Crippen LogP contribution in [0.5, 0.6) is 0 Å². The lowest BCUT2D eigenvalue weighted by Gasteiger charge is -2.40. The number of hydrogen-bond acceptors (Lipinski definition) is 4. The van der Waals surface area contributed by atoms with Gasteiger partial charge < -0.3 is 9.47 Å². The highest BCUT2D eigenvalue weighted by molar-refractivity contribution is 5.76.